The number of allylic oxidation sites excluding steroid dienone is 3. The van der Waals surface area contributed by atoms with Crippen LogP contribution in [0.15, 0.2) is 36.1 Å². The molecule has 1 N–H and O–H groups in total. The van der Waals surface area contributed by atoms with Gasteiger partial charge >= 0.3 is 5.97 Å². The maximum absolute atomic E-state index is 10.9. The maximum Gasteiger partial charge on any atom is 0.341 e. The highest BCUT2D eigenvalue weighted by Gasteiger charge is 2.11. The van der Waals surface area contributed by atoms with E-state index in [1.165, 1.54) is 25.3 Å². The number of esters is 1. The summed E-state index contributed by atoms with van der Waals surface area (Å²) in [5.41, 5.74) is 0.136. The van der Waals surface area contributed by atoms with Crippen LogP contribution in [0.5, 0.6) is 0 Å². The summed E-state index contributed by atoms with van der Waals surface area (Å²) in [5, 5.41) is 9.23. The van der Waals surface area contributed by atoms with Crippen LogP contribution in [-0.4, -0.2) is 18.2 Å². The molecule has 0 heterocycles. The Morgan fingerprint density at radius 2 is 1.93 bits per heavy atom. The minimum atomic E-state index is -0.562. The van der Waals surface area contributed by atoms with Gasteiger partial charge in [0.2, 0.25) is 0 Å². The number of ether oxygens (including phenoxy) is 1. The van der Waals surface area contributed by atoms with Gasteiger partial charge in [0.25, 0.3) is 0 Å². The Bertz CT molecular complexity index is 237. The molecule has 80 valence electrons. The van der Waals surface area contributed by atoms with Gasteiger partial charge in [-0.25, -0.2) is 4.79 Å². The lowest BCUT2D eigenvalue weighted by atomic mass is 10.2. The van der Waals surface area contributed by atoms with Gasteiger partial charge in [-0.3, -0.25) is 0 Å². The number of aliphatic hydroxyl groups is 1. The Labute approximate surface area is 85.4 Å². The standard InChI is InChI=1S/C9H12O3.C2H6/c1-4-6-8(10)7(5-2)9(11)12-3;1-2/h4-6,10H,1H2,2-3H3;1-2H3/b7-5+,8-6+;. The van der Waals surface area contributed by atoms with Crippen molar-refractivity contribution in [3.8, 4) is 0 Å². The molecule has 0 amide bonds. The number of hydrogen-bond donors (Lipinski definition) is 1. The molecular formula is C11H18O3. The highest BCUT2D eigenvalue weighted by Crippen LogP contribution is 2.07. The van der Waals surface area contributed by atoms with Gasteiger partial charge in [-0.2, -0.15) is 0 Å². The molecule has 3 nitrogen and oxygen atoms in total. The van der Waals surface area contributed by atoms with E-state index in [0.29, 0.717) is 0 Å². The van der Waals surface area contributed by atoms with Crippen molar-refractivity contribution in [3.05, 3.63) is 36.1 Å². The van der Waals surface area contributed by atoms with Crippen molar-refractivity contribution in [2.24, 2.45) is 0 Å². The van der Waals surface area contributed by atoms with E-state index in [9.17, 15) is 9.90 Å². The van der Waals surface area contributed by atoms with Gasteiger partial charge in [-0.05, 0) is 13.0 Å². The molecule has 0 radical (unpaired) electrons. The molecule has 0 aromatic heterocycles. The first kappa shape index (κ1) is 15.0. The Morgan fingerprint density at radius 3 is 2.21 bits per heavy atom. The highest BCUT2D eigenvalue weighted by molar-refractivity contribution is 5.92. The second kappa shape index (κ2) is 9.58. The van der Waals surface area contributed by atoms with Crippen molar-refractivity contribution in [1.29, 1.82) is 0 Å². The van der Waals surface area contributed by atoms with E-state index in [4.69, 9.17) is 0 Å². The molecule has 0 aliphatic rings. The van der Waals surface area contributed by atoms with Gasteiger partial charge in [0.15, 0.2) is 0 Å². The first-order chi connectivity index (χ1) is 6.67. The predicted octanol–water partition coefficient (Wildman–Crippen LogP) is 2.76. The first-order valence-electron chi connectivity index (χ1n) is 4.44. The van der Waals surface area contributed by atoms with Crippen LogP contribution in [0.1, 0.15) is 20.8 Å². The zero-order valence-corrected chi connectivity index (χ0v) is 9.20. The topological polar surface area (TPSA) is 46.5 Å². The molecule has 0 aliphatic carbocycles. The van der Waals surface area contributed by atoms with Crippen LogP contribution in [0.3, 0.4) is 0 Å². The van der Waals surface area contributed by atoms with Crippen LogP contribution in [0, 0.1) is 0 Å². The van der Waals surface area contributed by atoms with E-state index in [0.717, 1.165) is 0 Å². The first-order valence-corrected chi connectivity index (χ1v) is 4.44. The average molecular weight is 198 g/mol. The van der Waals surface area contributed by atoms with Crippen LogP contribution >= 0.6 is 0 Å². The van der Waals surface area contributed by atoms with Crippen LogP contribution in [-0.2, 0) is 9.53 Å². The van der Waals surface area contributed by atoms with Crippen molar-refractivity contribution in [2.45, 2.75) is 20.8 Å². The molecule has 0 saturated heterocycles. The van der Waals surface area contributed by atoms with Crippen LogP contribution in [0.4, 0.5) is 0 Å². The zero-order chi connectivity index (χ0) is 11.6. The normalized spacial score (nSPS) is 11.1. The van der Waals surface area contributed by atoms with Crippen molar-refractivity contribution >= 4 is 5.97 Å². The number of methoxy groups -OCH3 is 1. The second-order valence-electron chi connectivity index (χ2n) is 1.98. The Kier molecular flexibility index (Phi) is 10.3. The number of aliphatic hydroxyl groups excluding tert-OH is 1. The second-order valence-corrected chi connectivity index (χ2v) is 1.98. The Morgan fingerprint density at radius 1 is 1.43 bits per heavy atom. The van der Waals surface area contributed by atoms with Gasteiger partial charge in [0.05, 0.1) is 12.7 Å². The van der Waals surface area contributed by atoms with Crippen molar-refractivity contribution in [3.63, 3.8) is 0 Å². The molecule has 0 rings (SSSR count). The van der Waals surface area contributed by atoms with Gasteiger partial charge < -0.3 is 9.84 Å². The van der Waals surface area contributed by atoms with Gasteiger partial charge in [-0.1, -0.05) is 32.6 Å². The SMILES string of the molecule is C=C/C=C(O)\C(=C/C)C(=O)OC.CC. The molecule has 14 heavy (non-hydrogen) atoms. The largest absolute Gasteiger partial charge is 0.507 e. The number of hydrogen-bond acceptors (Lipinski definition) is 3. The predicted molar refractivity (Wildman–Crippen MR) is 58.0 cm³/mol. The maximum atomic E-state index is 10.9. The fraction of sp³-hybridized carbons (Fsp3) is 0.364. The summed E-state index contributed by atoms with van der Waals surface area (Å²) < 4.78 is 4.43. The van der Waals surface area contributed by atoms with Crippen LogP contribution in [0.2, 0.25) is 0 Å². The lowest BCUT2D eigenvalue weighted by molar-refractivity contribution is -0.136. The van der Waals surface area contributed by atoms with E-state index < -0.39 is 5.97 Å². The fourth-order valence-electron chi connectivity index (χ4n) is 0.682. The summed E-state index contributed by atoms with van der Waals surface area (Å²) in [6, 6.07) is 0. The third-order valence-electron chi connectivity index (χ3n) is 1.25. The summed E-state index contributed by atoms with van der Waals surface area (Å²) in [7, 11) is 1.26. The monoisotopic (exact) mass is 198 g/mol. The molecule has 3 heteroatoms. The van der Waals surface area contributed by atoms with Gasteiger partial charge in [0.1, 0.15) is 5.76 Å². The molecule has 0 unspecified atom stereocenters. The highest BCUT2D eigenvalue weighted by atomic mass is 16.5. The van der Waals surface area contributed by atoms with Gasteiger partial charge in [-0.15, -0.1) is 0 Å². The van der Waals surface area contributed by atoms with Crippen molar-refractivity contribution in [2.75, 3.05) is 7.11 Å². The molecule has 0 aromatic rings. The third-order valence-corrected chi connectivity index (χ3v) is 1.25. The van der Waals surface area contributed by atoms with Crippen molar-refractivity contribution < 1.29 is 14.6 Å². The average Bonchev–Trinajstić information content (AvgIpc) is 2.22. The summed E-state index contributed by atoms with van der Waals surface area (Å²) >= 11 is 0. The Hall–Kier alpha value is -1.51. The smallest absolute Gasteiger partial charge is 0.341 e. The molecule has 0 aliphatic heterocycles. The third kappa shape index (κ3) is 5.19. The fourth-order valence-corrected chi connectivity index (χ4v) is 0.682. The van der Waals surface area contributed by atoms with Crippen LogP contribution in [0.25, 0.3) is 0 Å². The molecule has 0 saturated carbocycles. The zero-order valence-electron chi connectivity index (χ0n) is 9.20. The van der Waals surface area contributed by atoms with Crippen LogP contribution < -0.4 is 0 Å². The number of rotatable bonds is 3. The quantitative estimate of drug-likeness (QED) is 0.328. The minimum absolute atomic E-state index is 0.136. The van der Waals surface area contributed by atoms with Crippen molar-refractivity contribution in [1.82, 2.24) is 0 Å². The Balaban J connectivity index is 0. The minimum Gasteiger partial charge on any atom is -0.507 e. The molecule has 0 spiro atoms. The van der Waals surface area contributed by atoms with E-state index in [2.05, 4.69) is 11.3 Å². The molecule has 0 bridgehead atoms. The molecule has 0 atom stereocenters. The summed E-state index contributed by atoms with van der Waals surface area (Å²) in [6.07, 6.45) is 4.19. The molecular weight excluding hydrogens is 180 g/mol. The van der Waals surface area contributed by atoms with E-state index in [1.807, 2.05) is 13.8 Å². The molecule has 0 fully saturated rings. The van der Waals surface area contributed by atoms with E-state index in [1.54, 1.807) is 6.92 Å². The van der Waals surface area contributed by atoms with E-state index in [-0.39, 0.29) is 11.3 Å². The lowest BCUT2D eigenvalue weighted by Gasteiger charge is -2.01. The summed E-state index contributed by atoms with van der Waals surface area (Å²) in [6.45, 7) is 9.03. The van der Waals surface area contributed by atoms with E-state index >= 15 is 0 Å². The molecule has 0 aromatic carbocycles. The number of carbonyl (C=O) groups excluding carboxylic acids is 1. The summed E-state index contributed by atoms with van der Waals surface area (Å²) in [4.78, 5) is 10.9. The number of carbonyl (C=O) groups is 1. The van der Waals surface area contributed by atoms with Gasteiger partial charge in [0, 0.05) is 0 Å². The lowest BCUT2D eigenvalue weighted by Crippen LogP contribution is -2.06. The summed E-state index contributed by atoms with van der Waals surface area (Å²) in [5.74, 6) is -0.701.